The van der Waals surface area contributed by atoms with Crippen molar-refractivity contribution in [2.24, 2.45) is 5.92 Å². The molecule has 3 rings (SSSR count). The van der Waals surface area contributed by atoms with Crippen LogP contribution in [0.2, 0.25) is 0 Å². The highest BCUT2D eigenvalue weighted by molar-refractivity contribution is 7.89. The summed E-state index contributed by atoms with van der Waals surface area (Å²) in [5.41, 5.74) is 1.90. The van der Waals surface area contributed by atoms with E-state index in [0.717, 1.165) is 29.1 Å². The van der Waals surface area contributed by atoms with Crippen molar-refractivity contribution >= 4 is 38.9 Å². The molecule has 1 aliphatic carbocycles. The van der Waals surface area contributed by atoms with Gasteiger partial charge in [-0.15, -0.1) is 11.3 Å². The fourth-order valence-corrected chi connectivity index (χ4v) is 5.38. The maximum absolute atomic E-state index is 12.4. The van der Waals surface area contributed by atoms with E-state index in [4.69, 9.17) is 4.74 Å². The smallest absolute Gasteiger partial charge is 0.339 e. The Morgan fingerprint density at radius 3 is 2.79 bits per heavy atom. The number of carbonyl (C=O) groups is 2. The summed E-state index contributed by atoms with van der Waals surface area (Å²) < 4.78 is 30.7. The molecule has 1 aromatic heterocycles. The van der Waals surface area contributed by atoms with E-state index in [0.29, 0.717) is 17.2 Å². The molecule has 1 amide bonds. The minimum Gasteiger partial charge on any atom is -0.452 e. The van der Waals surface area contributed by atoms with E-state index in [1.54, 1.807) is 22.8 Å². The van der Waals surface area contributed by atoms with Gasteiger partial charge in [-0.1, -0.05) is 13.0 Å². The molecular formula is C20H24N2O5S2. The second-order valence-electron chi connectivity index (χ2n) is 7.34. The number of rotatable bonds is 6. The first-order valence-electron chi connectivity index (χ1n) is 9.27. The molecule has 7 nitrogen and oxygen atoms in total. The number of nitrogens with zero attached hydrogens (tertiary/aromatic N) is 1. The first-order valence-corrected chi connectivity index (χ1v) is 11.6. The fraction of sp³-hybridized carbons (Fsp3) is 0.400. The SMILES string of the molecule is CC1CCc2c(C(=O)OCC(=O)Nc3cccc(S(=O)(=O)N(C)C)c3)csc2C1. The summed E-state index contributed by atoms with van der Waals surface area (Å²) in [6, 6.07) is 5.93. The molecule has 1 unspecified atom stereocenters. The normalized spacial score (nSPS) is 16.3. The summed E-state index contributed by atoms with van der Waals surface area (Å²) in [5, 5.41) is 4.37. The van der Waals surface area contributed by atoms with Crippen LogP contribution >= 0.6 is 11.3 Å². The largest absolute Gasteiger partial charge is 0.452 e. The molecule has 29 heavy (non-hydrogen) atoms. The van der Waals surface area contributed by atoms with E-state index < -0.39 is 28.5 Å². The predicted octanol–water partition coefficient (Wildman–Crippen LogP) is 2.92. The van der Waals surface area contributed by atoms with Crippen LogP contribution in [0.1, 0.15) is 34.1 Å². The second-order valence-corrected chi connectivity index (χ2v) is 10.5. The Balaban J connectivity index is 1.60. The van der Waals surface area contributed by atoms with Gasteiger partial charge in [0.05, 0.1) is 10.5 Å². The number of anilines is 1. The third-order valence-corrected chi connectivity index (χ3v) is 7.71. The molecule has 0 aliphatic heterocycles. The molecule has 0 spiro atoms. The van der Waals surface area contributed by atoms with Crippen LogP contribution in [0.25, 0.3) is 0 Å². The van der Waals surface area contributed by atoms with Crippen molar-refractivity contribution in [3.05, 3.63) is 45.6 Å². The average molecular weight is 437 g/mol. The van der Waals surface area contributed by atoms with Crippen molar-refractivity contribution in [2.45, 2.75) is 31.1 Å². The van der Waals surface area contributed by atoms with Gasteiger partial charge in [-0.3, -0.25) is 4.79 Å². The van der Waals surface area contributed by atoms with Crippen LogP contribution in [-0.2, 0) is 32.4 Å². The Morgan fingerprint density at radius 1 is 1.31 bits per heavy atom. The monoisotopic (exact) mass is 436 g/mol. The first kappa shape index (κ1) is 21.5. The minimum absolute atomic E-state index is 0.0661. The molecule has 0 radical (unpaired) electrons. The van der Waals surface area contributed by atoms with Crippen molar-refractivity contribution in [3.63, 3.8) is 0 Å². The van der Waals surface area contributed by atoms with E-state index >= 15 is 0 Å². The number of ether oxygens (including phenoxy) is 1. The first-order chi connectivity index (χ1) is 13.7. The van der Waals surface area contributed by atoms with Crippen LogP contribution < -0.4 is 5.32 Å². The van der Waals surface area contributed by atoms with Crippen molar-refractivity contribution in [1.82, 2.24) is 4.31 Å². The maximum Gasteiger partial charge on any atom is 0.339 e. The Bertz CT molecular complexity index is 1030. The molecule has 0 fully saturated rings. The van der Waals surface area contributed by atoms with E-state index in [1.165, 1.54) is 37.2 Å². The molecule has 0 bridgehead atoms. The zero-order chi connectivity index (χ0) is 21.2. The van der Waals surface area contributed by atoms with Gasteiger partial charge in [-0.2, -0.15) is 0 Å². The lowest BCUT2D eigenvalue weighted by atomic mass is 9.88. The highest BCUT2D eigenvalue weighted by Crippen LogP contribution is 2.33. The number of hydrogen-bond donors (Lipinski definition) is 1. The zero-order valence-electron chi connectivity index (χ0n) is 16.6. The quantitative estimate of drug-likeness (QED) is 0.703. The summed E-state index contributed by atoms with van der Waals surface area (Å²) in [6.45, 7) is 1.76. The van der Waals surface area contributed by atoms with Gasteiger partial charge in [-0.05, 0) is 48.9 Å². The summed E-state index contributed by atoms with van der Waals surface area (Å²) in [5.74, 6) is -0.422. The molecule has 0 saturated carbocycles. The van der Waals surface area contributed by atoms with Crippen molar-refractivity contribution < 1.29 is 22.7 Å². The number of hydrogen-bond acceptors (Lipinski definition) is 6. The number of fused-ring (bicyclic) bond motifs is 1. The molecule has 156 valence electrons. The molecule has 1 heterocycles. The molecule has 9 heteroatoms. The van der Waals surface area contributed by atoms with Gasteiger partial charge in [0.1, 0.15) is 0 Å². The number of esters is 1. The number of benzene rings is 1. The number of carbonyl (C=O) groups excluding carboxylic acids is 2. The molecule has 0 saturated heterocycles. The third kappa shape index (κ3) is 4.85. The second kappa shape index (κ2) is 8.64. The van der Waals surface area contributed by atoms with Crippen LogP contribution in [0.5, 0.6) is 0 Å². The van der Waals surface area contributed by atoms with Gasteiger partial charge in [0, 0.05) is 30.0 Å². The lowest BCUT2D eigenvalue weighted by molar-refractivity contribution is -0.119. The van der Waals surface area contributed by atoms with Crippen molar-refractivity contribution in [1.29, 1.82) is 0 Å². The molecular weight excluding hydrogens is 412 g/mol. The molecule has 2 aromatic rings. The lowest BCUT2D eigenvalue weighted by Crippen LogP contribution is -2.23. The van der Waals surface area contributed by atoms with E-state index in [1.807, 2.05) is 0 Å². The molecule has 1 aliphatic rings. The van der Waals surface area contributed by atoms with Crippen LogP contribution in [-0.4, -0.2) is 45.3 Å². The number of amides is 1. The lowest BCUT2D eigenvalue weighted by Gasteiger charge is -2.18. The Hall–Kier alpha value is -2.23. The van der Waals surface area contributed by atoms with Gasteiger partial charge in [-0.25, -0.2) is 17.5 Å². The van der Waals surface area contributed by atoms with E-state index in [9.17, 15) is 18.0 Å². The molecule has 1 atom stereocenters. The van der Waals surface area contributed by atoms with Gasteiger partial charge in [0.25, 0.3) is 5.91 Å². The van der Waals surface area contributed by atoms with E-state index in [2.05, 4.69) is 12.2 Å². The highest BCUT2D eigenvalue weighted by Gasteiger charge is 2.24. The van der Waals surface area contributed by atoms with Crippen LogP contribution in [0.15, 0.2) is 34.5 Å². The Morgan fingerprint density at radius 2 is 2.07 bits per heavy atom. The van der Waals surface area contributed by atoms with Crippen LogP contribution in [0, 0.1) is 5.92 Å². The Labute approximate surface area is 174 Å². The summed E-state index contributed by atoms with van der Waals surface area (Å²) >= 11 is 1.56. The van der Waals surface area contributed by atoms with Crippen molar-refractivity contribution in [2.75, 3.05) is 26.0 Å². The number of thiophene rings is 1. The number of sulfonamides is 1. The van der Waals surface area contributed by atoms with Gasteiger partial charge < -0.3 is 10.1 Å². The number of nitrogens with one attached hydrogen (secondary N) is 1. The van der Waals surface area contributed by atoms with Gasteiger partial charge >= 0.3 is 5.97 Å². The Kier molecular flexibility index (Phi) is 6.40. The summed E-state index contributed by atoms with van der Waals surface area (Å²) in [4.78, 5) is 25.9. The zero-order valence-corrected chi connectivity index (χ0v) is 18.2. The summed E-state index contributed by atoms with van der Waals surface area (Å²) in [6.07, 6.45) is 2.86. The molecule has 1 N–H and O–H groups in total. The maximum atomic E-state index is 12.4. The summed E-state index contributed by atoms with van der Waals surface area (Å²) in [7, 11) is -0.737. The van der Waals surface area contributed by atoms with Gasteiger partial charge in [0.2, 0.25) is 10.0 Å². The van der Waals surface area contributed by atoms with E-state index in [-0.39, 0.29) is 4.90 Å². The van der Waals surface area contributed by atoms with Crippen LogP contribution in [0.4, 0.5) is 5.69 Å². The van der Waals surface area contributed by atoms with Crippen molar-refractivity contribution in [3.8, 4) is 0 Å². The third-order valence-electron chi connectivity index (χ3n) is 4.85. The standard InChI is InChI=1S/C20H24N2O5S2/c1-13-7-8-16-17(12-28-18(16)9-13)20(24)27-11-19(23)21-14-5-4-6-15(10-14)29(25,26)22(2)3/h4-6,10,12-13H,7-9,11H2,1-3H3,(H,21,23). The predicted molar refractivity (Wildman–Crippen MR) is 112 cm³/mol. The fourth-order valence-electron chi connectivity index (χ4n) is 3.20. The highest BCUT2D eigenvalue weighted by atomic mass is 32.2. The molecule has 1 aromatic carbocycles. The minimum atomic E-state index is -3.61. The van der Waals surface area contributed by atoms with Crippen LogP contribution in [0.3, 0.4) is 0 Å². The van der Waals surface area contributed by atoms with Gasteiger partial charge in [0.15, 0.2) is 6.61 Å². The average Bonchev–Trinajstić information content (AvgIpc) is 3.09. The topological polar surface area (TPSA) is 92.8 Å².